The number of benzene rings is 1. The molecule has 0 spiro atoms. The molecule has 0 saturated carbocycles. The van der Waals surface area contributed by atoms with Crippen molar-refractivity contribution in [2.75, 3.05) is 10.2 Å². The minimum atomic E-state index is -1.59. The molecule has 0 atom stereocenters. The average molecular weight is 456 g/mol. The van der Waals surface area contributed by atoms with Gasteiger partial charge in [0.05, 0.1) is 11.9 Å². The average Bonchev–Trinajstić information content (AvgIpc) is 3.38. The molecule has 2 aromatic heterocycles. The molecule has 7 nitrogen and oxygen atoms in total. The van der Waals surface area contributed by atoms with Crippen LogP contribution in [-0.4, -0.2) is 34.9 Å². The summed E-state index contributed by atoms with van der Waals surface area (Å²) in [5, 5.41) is 16.3. The summed E-state index contributed by atoms with van der Waals surface area (Å²) in [6, 6.07) is 9.37. The minimum Gasteiger partial charge on any atom is -0.326 e. The summed E-state index contributed by atoms with van der Waals surface area (Å²) in [5.41, 5.74) is 2.54. The fraction of sp³-hybridized carbons (Fsp3) is 0.364. The van der Waals surface area contributed by atoms with Crippen molar-refractivity contribution in [1.29, 1.82) is 0 Å². The predicted molar refractivity (Wildman–Crippen MR) is 128 cm³/mol. The summed E-state index contributed by atoms with van der Waals surface area (Å²) in [6.45, 7) is 10.9. The maximum atomic E-state index is 13.2. The van der Waals surface area contributed by atoms with Crippen LogP contribution in [0.1, 0.15) is 19.4 Å². The SMILES string of the molecule is CC(C)C(=O)Nc1ccc(N(Cc2ccsc2)C(=O)Cn2cc([Si](C)(C)C)nn2)cc1. The van der Waals surface area contributed by atoms with E-state index in [9.17, 15) is 9.59 Å². The molecule has 2 amide bonds. The Kier molecular flexibility index (Phi) is 7.07. The van der Waals surface area contributed by atoms with Crippen LogP contribution >= 0.6 is 11.3 Å². The van der Waals surface area contributed by atoms with E-state index in [1.165, 1.54) is 0 Å². The van der Waals surface area contributed by atoms with Gasteiger partial charge in [0.1, 0.15) is 14.6 Å². The first kappa shape index (κ1) is 22.9. The van der Waals surface area contributed by atoms with Crippen molar-refractivity contribution in [2.45, 2.75) is 46.6 Å². The number of thiophene rings is 1. The third-order valence-electron chi connectivity index (χ3n) is 4.80. The molecule has 164 valence electrons. The lowest BCUT2D eigenvalue weighted by Crippen LogP contribution is -2.38. The lowest BCUT2D eigenvalue weighted by atomic mass is 10.2. The second kappa shape index (κ2) is 9.57. The largest absolute Gasteiger partial charge is 0.326 e. The van der Waals surface area contributed by atoms with Crippen LogP contribution in [0.15, 0.2) is 47.3 Å². The Morgan fingerprint density at radius 3 is 2.42 bits per heavy atom. The van der Waals surface area contributed by atoms with Crippen LogP contribution in [0.4, 0.5) is 11.4 Å². The molecule has 2 heterocycles. The number of carbonyl (C=O) groups is 2. The molecular formula is C22H29N5O2SSi. The molecule has 3 aromatic rings. The van der Waals surface area contributed by atoms with Crippen LogP contribution in [0.25, 0.3) is 0 Å². The molecule has 0 unspecified atom stereocenters. The maximum Gasteiger partial charge on any atom is 0.249 e. The Bertz CT molecular complexity index is 1020. The van der Waals surface area contributed by atoms with E-state index in [1.54, 1.807) is 20.9 Å². The maximum absolute atomic E-state index is 13.2. The number of carbonyl (C=O) groups excluding carboxylic acids is 2. The monoisotopic (exact) mass is 455 g/mol. The molecule has 3 rings (SSSR count). The fourth-order valence-electron chi connectivity index (χ4n) is 2.84. The standard InChI is InChI=1S/C22H29N5O2SSi/c1-16(2)22(29)23-18-6-8-19(9-7-18)27(12-17-10-11-30-15-17)21(28)14-26-13-20(24-25-26)31(3,4)5/h6-11,13,15-16H,12,14H2,1-5H3,(H,23,29). The predicted octanol–water partition coefficient (Wildman–Crippen LogP) is 3.71. The number of aromatic nitrogens is 3. The van der Waals surface area contributed by atoms with Crippen molar-refractivity contribution in [2.24, 2.45) is 5.92 Å². The second-order valence-electron chi connectivity index (χ2n) is 8.85. The van der Waals surface area contributed by atoms with Gasteiger partial charge >= 0.3 is 0 Å². The number of hydrogen-bond acceptors (Lipinski definition) is 5. The molecule has 0 bridgehead atoms. The molecule has 0 fully saturated rings. The van der Waals surface area contributed by atoms with Gasteiger partial charge in [-0.2, -0.15) is 11.3 Å². The molecule has 0 aliphatic heterocycles. The molecule has 0 radical (unpaired) electrons. The summed E-state index contributed by atoms with van der Waals surface area (Å²) >= 11 is 1.60. The summed E-state index contributed by atoms with van der Waals surface area (Å²) in [7, 11) is -1.59. The highest BCUT2D eigenvalue weighted by Gasteiger charge is 2.23. The van der Waals surface area contributed by atoms with Gasteiger partial charge in [0, 0.05) is 23.5 Å². The van der Waals surface area contributed by atoms with Crippen molar-refractivity contribution >= 4 is 47.9 Å². The normalized spacial score (nSPS) is 11.5. The van der Waals surface area contributed by atoms with Crippen molar-refractivity contribution in [3.8, 4) is 0 Å². The number of hydrogen-bond donors (Lipinski definition) is 1. The first-order valence-corrected chi connectivity index (χ1v) is 14.7. The van der Waals surface area contributed by atoms with E-state index in [1.807, 2.05) is 61.1 Å². The zero-order chi connectivity index (χ0) is 22.6. The van der Waals surface area contributed by atoms with E-state index < -0.39 is 8.07 Å². The van der Waals surface area contributed by atoms with E-state index in [-0.39, 0.29) is 24.3 Å². The zero-order valence-corrected chi connectivity index (χ0v) is 20.4. The van der Waals surface area contributed by atoms with E-state index in [4.69, 9.17) is 0 Å². The lowest BCUT2D eigenvalue weighted by molar-refractivity contribution is -0.120. The van der Waals surface area contributed by atoms with Crippen molar-refractivity contribution in [3.05, 3.63) is 52.9 Å². The molecule has 1 aromatic carbocycles. The van der Waals surface area contributed by atoms with Gasteiger partial charge in [0.25, 0.3) is 0 Å². The van der Waals surface area contributed by atoms with Gasteiger partial charge in [0.15, 0.2) is 0 Å². The van der Waals surface area contributed by atoms with Crippen LogP contribution < -0.4 is 15.5 Å². The van der Waals surface area contributed by atoms with E-state index in [2.05, 4.69) is 35.3 Å². The van der Waals surface area contributed by atoms with Gasteiger partial charge in [0.2, 0.25) is 11.8 Å². The minimum absolute atomic E-state index is 0.0386. The third-order valence-corrected chi connectivity index (χ3v) is 7.30. The van der Waals surface area contributed by atoms with Gasteiger partial charge in [-0.05, 0) is 46.7 Å². The molecule has 9 heteroatoms. The summed E-state index contributed by atoms with van der Waals surface area (Å²) < 4.78 is 1.62. The molecule has 1 N–H and O–H groups in total. The number of rotatable bonds is 8. The Morgan fingerprint density at radius 2 is 1.87 bits per heavy atom. The number of nitrogens with one attached hydrogen (secondary N) is 1. The van der Waals surface area contributed by atoms with Crippen LogP contribution in [0.2, 0.25) is 19.6 Å². The summed E-state index contributed by atoms with van der Waals surface area (Å²) in [6.07, 6.45) is 1.89. The van der Waals surface area contributed by atoms with E-state index in [0.717, 1.165) is 16.6 Å². The quantitative estimate of drug-likeness (QED) is 0.525. The molecule has 0 aliphatic carbocycles. The smallest absolute Gasteiger partial charge is 0.249 e. The van der Waals surface area contributed by atoms with E-state index >= 15 is 0 Å². The van der Waals surface area contributed by atoms with Crippen LogP contribution in [0.5, 0.6) is 0 Å². The molecule has 0 saturated heterocycles. The van der Waals surface area contributed by atoms with Crippen LogP contribution in [-0.2, 0) is 22.7 Å². The van der Waals surface area contributed by atoms with Crippen molar-refractivity contribution in [1.82, 2.24) is 15.0 Å². The first-order chi connectivity index (χ1) is 14.6. The highest BCUT2D eigenvalue weighted by atomic mass is 32.1. The Morgan fingerprint density at radius 1 is 1.16 bits per heavy atom. The lowest BCUT2D eigenvalue weighted by Gasteiger charge is -2.23. The number of anilines is 2. The van der Waals surface area contributed by atoms with Gasteiger partial charge in [-0.1, -0.05) is 38.7 Å². The topological polar surface area (TPSA) is 80.1 Å². The van der Waals surface area contributed by atoms with Crippen molar-refractivity contribution in [3.63, 3.8) is 0 Å². The Balaban J connectivity index is 1.80. The van der Waals surface area contributed by atoms with E-state index in [0.29, 0.717) is 12.2 Å². The zero-order valence-electron chi connectivity index (χ0n) is 18.6. The first-order valence-electron chi connectivity index (χ1n) is 10.3. The molecule has 31 heavy (non-hydrogen) atoms. The third kappa shape index (κ3) is 6.11. The molecule has 0 aliphatic rings. The van der Waals surface area contributed by atoms with Gasteiger partial charge < -0.3 is 10.2 Å². The number of amides is 2. The van der Waals surface area contributed by atoms with Crippen molar-refractivity contribution < 1.29 is 9.59 Å². The van der Waals surface area contributed by atoms with Gasteiger partial charge in [-0.25, -0.2) is 4.68 Å². The van der Waals surface area contributed by atoms with Gasteiger partial charge in [-0.15, -0.1) is 5.10 Å². The van der Waals surface area contributed by atoms with Gasteiger partial charge in [-0.3, -0.25) is 9.59 Å². The van der Waals surface area contributed by atoms with Crippen LogP contribution in [0, 0.1) is 5.92 Å². The second-order valence-corrected chi connectivity index (χ2v) is 14.6. The Labute approximate surface area is 188 Å². The highest BCUT2D eigenvalue weighted by Crippen LogP contribution is 2.22. The van der Waals surface area contributed by atoms with Crippen LogP contribution in [0.3, 0.4) is 0 Å². The summed E-state index contributed by atoms with van der Waals surface area (Å²) in [4.78, 5) is 26.9. The number of nitrogens with zero attached hydrogens (tertiary/aromatic N) is 4. The molecular weight excluding hydrogens is 426 g/mol. The Hall–Kier alpha value is -2.78. The highest BCUT2D eigenvalue weighted by molar-refractivity contribution is 7.07. The fourth-order valence-corrected chi connectivity index (χ4v) is 4.38. The summed E-state index contributed by atoms with van der Waals surface area (Å²) in [5.74, 6) is -0.208.